The van der Waals surface area contributed by atoms with E-state index in [2.05, 4.69) is 15.1 Å². The Bertz CT molecular complexity index is 1450. The van der Waals surface area contributed by atoms with Crippen molar-refractivity contribution < 1.29 is 27.9 Å². The zero-order valence-electron chi connectivity index (χ0n) is 21.9. The molecule has 0 bridgehead atoms. The molecule has 0 aliphatic heterocycles. The van der Waals surface area contributed by atoms with Crippen molar-refractivity contribution >= 4 is 27.6 Å². The van der Waals surface area contributed by atoms with Gasteiger partial charge in [0.25, 0.3) is 0 Å². The number of hydrogen-bond acceptors (Lipinski definition) is 6. The number of aromatic carboxylic acids is 1. The van der Waals surface area contributed by atoms with Crippen LogP contribution in [-0.2, 0) is 14.8 Å². The van der Waals surface area contributed by atoms with E-state index in [9.17, 15) is 23.1 Å². The Morgan fingerprint density at radius 2 is 1.73 bits per heavy atom. The van der Waals surface area contributed by atoms with Crippen LogP contribution in [0, 0.1) is 19.8 Å². The largest absolute Gasteiger partial charge is 0.476 e. The van der Waals surface area contributed by atoms with Crippen molar-refractivity contribution in [3.8, 4) is 17.3 Å². The summed E-state index contributed by atoms with van der Waals surface area (Å²) in [6.45, 7) is 11.9. The molecule has 11 heteroatoms. The minimum atomic E-state index is -4.13. The summed E-state index contributed by atoms with van der Waals surface area (Å²) in [4.78, 5) is 23.9. The van der Waals surface area contributed by atoms with Gasteiger partial charge in [-0.05, 0) is 64.4 Å². The number of nitrogens with one attached hydrogen (secondary N) is 2. The fourth-order valence-electron chi connectivity index (χ4n) is 3.50. The molecule has 0 unspecified atom stereocenters. The van der Waals surface area contributed by atoms with Crippen LogP contribution in [0.15, 0.2) is 47.4 Å². The summed E-state index contributed by atoms with van der Waals surface area (Å²) in [5, 5.41) is 16.6. The molecule has 10 nitrogen and oxygen atoms in total. The van der Waals surface area contributed by atoms with Gasteiger partial charge in [-0.2, -0.15) is 9.78 Å². The van der Waals surface area contributed by atoms with Crippen molar-refractivity contribution in [1.82, 2.24) is 14.5 Å². The van der Waals surface area contributed by atoms with Gasteiger partial charge in [-0.15, -0.1) is 0 Å². The van der Waals surface area contributed by atoms with Crippen LogP contribution in [0.2, 0.25) is 0 Å². The van der Waals surface area contributed by atoms with Gasteiger partial charge in [0.1, 0.15) is 10.6 Å². The number of rotatable bonds is 8. The maximum absolute atomic E-state index is 13.4. The Hall–Kier alpha value is -3.70. The number of carboxylic acid groups (broad SMARTS) is 1. The number of amides is 1. The van der Waals surface area contributed by atoms with Crippen LogP contribution in [0.5, 0.6) is 11.6 Å². The van der Waals surface area contributed by atoms with Crippen LogP contribution < -0.4 is 14.8 Å². The monoisotopic (exact) mass is 528 g/mol. The molecule has 37 heavy (non-hydrogen) atoms. The quantitative estimate of drug-likeness (QED) is 0.387. The van der Waals surface area contributed by atoms with Crippen molar-refractivity contribution in [3.63, 3.8) is 0 Å². The average molecular weight is 529 g/mol. The average Bonchev–Trinajstić information content (AvgIpc) is 3.09. The smallest absolute Gasteiger partial charge is 0.356 e. The summed E-state index contributed by atoms with van der Waals surface area (Å²) in [6.07, 6.45) is 0. The highest BCUT2D eigenvalue weighted by Crippen LogP contribution is 2.36. The molecule has 3 N–H and O–H groups in total. The Labute approximate surface area is 216 Å². The van der Waals surface area contributed by atoms with E-state index in [4.69, 9.17) is 4.74 Å². The zero-order chi connectivity index (χ0) is 27.7. The zero-order valence-corrected chi connectivity index (χ0v) is 22.7. The number of anilines is 1. The number of aryl methyl sites for hydroxylation is 1. The first kappa shape index (κ1) is 27.9. The Morgan fingerprint density at radius 1 is 1.08 bits per heavy atom. The molecular formula is C26H32N4O6S. The molecule has 3 rings (SSSR count). The summed E-state index contributed by atoms with van der Waals surface area (Å²) in [5.41, 5.74) is 0.849. The maximum atomic E-state index is 13.4. The molecule has 0 atom stereocenters. The van der Waals surface area contributed by atoms with Gasteiger partial charge in [0, 0.05) is 22.7 Å². The van der Waals surface area contributed by atoms with Gasteiger partial charge in [-0.3, -0.25) is 4.79 Å². The van der Waals surface area contributed by atoms with Crippen molar-refractivity contribution in [3.05, 3.63) is 59.3 Å². The van der Waals surface area contributed by atoms with Gasteiger partial charge in [0.2, 0.25) is 21.8 Å². The lowest BCUT2D eigenvalue weighted by Crippen LogP contribution is -2.40. The summed E-state index contributed by atoms with van der Waals surface area (Å²) in [5.74, 6) is -1.85. The number of aromatic nitrogens is 2. The molecule has 2 aromatic carbocycles. The van der Waals surface area contributed by atoms with Gasteiger partial charge in [0.05, 0.1) is 5.69 Å². The highest BCUT2D eigenvalue weighted by atomic mass is 32.2. The number of carbonyl (C=O) groups is 2. The van der Waals surface area contributed by atoms with Crippen LogP contribution in [-0.4, -0.2) is 40.7 Å². The van der Waals surface area contributed by atoms with Gasteiger partial charge >= 0.3 is 5.97 Å². The van der Waals surface area contributed by atoms with Gasteiger partial charge in [0.15, 0.2) is 5.69 Å². The summed E-state index contributed by atoms with van der Waals surface area (Å²) in [7, 11) is -4.13. The molecule has 0 saturated heterocycles. The number of ether oxygens (including phenoxy) is 1. The van der Waals surface area contributed by atoms with E-state index in [1.807, 2.05) is 19.1 Å². The van der Waals surface area contributed by atoms with E-state index in [-0.39, 0.29) is 45.3 Å². The lowest BCUT2D eigenvalue weighted by molar-refractivity contribution is -0.118. The molecule has 0 radical (unpaired) electrons. The number of hydrogen-bond donors (Lipinski definition) is 3. The summed E-state index contributed by atoms with van der Waals surface area (Å²) < 4.78 is 36.9. The highest BCUT2D eigenvalue weighted by molar-refractivity contribution is 7.89. The number of sulfonamides is 1. The first-order valence-electron chi connectivity index (χ1n) is 11.7. The highest BCUT2D eigenvalue weighted by Gasteiger charge is 2.29. The van der Waals surface area contributed by atoms with E-state index >= 15 is 0 Å². The number of carboxylic acids is 1. The fraction of sp³-hybridized carbons (Fsp3) is 0.346. The van der Waals surface area contributed by atoms with E-state index in [1.165, 1.54) is 22.9 Å². The standard InChI is InChI=1S/C26H32N4O6S/c1-15(2)23(31)27-18-12-13-20(21(14-18)37(34,35)29-26(5,6)7)36-24-17(4)22(25(32)33)28-30(24)19-11-9-8-10-16(19)3/h8-15,29H,1-7H3,(H,27,31)(H,32,33). The third-order valence-corrected chi connectivity index (χ3v) is 7.07. The first-order valence-corrected chi connectivity index (χ1v) is 13.1. The molecule has 0 saturated carbocycles. The van der Waals surface area contributed by atoms with Crippen LogP contribution >= 0.6 is 0 Å². The summed E-state index contributed by atoms with van der Waals surface area (Å²) >= 11 is 0. The Morgan fingerprint density at radius 3 is 2.30 bits per heavy atom. The number of benzene rings is 2. The van der Waals surface area contributed by atoms with Gasteiger partial charge < -0.3 is 15.2 Å². The molecule has 0 spiro atoms. The fourth-order valence-corrected chi connectivity index (χ4v) is 5.07. The molecular weight excluding hydrogens is 496 g/mol. The second-order valence-electron chi connectivity index (χ2n) is 10.0. The van der Waals surface area contributed by atoms with Crippen LogP contribution in [0.1, 0.15) is 56.2 Å². The minimum absolute atomic E-state index is 0.0536. The Kier molecular flexibility index (Phi) is 7.80. The molecule has 1 aromatic heterocycles. The number of nitrogens with zero attached hydrogens (tertiary/aromatic N) is 2. The SMILES string of the molecule is Cc1ccccc1-n1nc(C(=O)O)c(C)c1Oc1ccc(NC(=O)C(C)C)cc1S(=O)(=O)NC(C)(C)C. The van der Waals surface area contributed by atoms with Crippen LogP contribution in [0.4, 0.5) is 5.69 Å². The van der Waals surface area contributed by atoms with E-state index in [0.29, 0.717) is 5.69 Å². The molecule has 0 aliphatic rings. The summed E-state index contributed by atoms with van der Waals surface area (Å²) in [6, 6.07) is 11.5. The topological polar surface area (TPSA) is 140 Å². The van der Waals surface area contributed by atoms with E-state index < -0.39 is 21.5 Å². The van der Waals surface area contributed by atoms with Crippen molar-refractivity contribution in [2.24, 2.45) is 5.92 Å². The van der Waals surface area contributed by atoms with Crippen molar-refractivity contribution in [2.75, 3.05) is 5.32 Å². The number of carbonyl (C=O) groups excluding carboxylic acids is 1. The predicted octanol–water partition coefficient (Wildman–Crippen LogP) is 4.65. The molecule has 0 aliphatic carbocycles. The van der Waals surface area contributed by atoms with E-state index in [0.717, 1.165) is 5.56 Å². The van der Waals surface area contributed by atoms with Gasteiger partial charge in [-0.1, -0.05) is 32.0 Å². The third-order valence-electron chi connectivity index (χ3n) is 5.29. The maximum Gasteiger partial charge on any atom is 0.356 e. The number of para-hydroxylation sites is 1. The molecule has 198 valence electrons. The normalized spacial score (nSPS) is 12.0. The molecule has 3 aromatic rings. The van der Waals surface area contributed by atoms with Gasteiger partial charge in [-0.25, -0.2) is 17.9 Å². The molecule has 1 heterocycles. The Balaban J connectivity index is 2.21. The minimum Gasteiger partial charge on any atom is -0.476 e. The third kappa shape index (κ3) is 6.36. The molecule has 1 amide bonds. The van der Waals surface area contributed by atoms with Crippen LogP contribution in [0.25, 0.3) is 5.69 Å². The lowest BCUT2D eigenvalue weighted by Gasteiger charge is -2.22. The predicted molar refractivity (Wildman–Crippen MR) is 140 cm³/mol. The second-order valence-corrected chi connectivity index (χ2v) is 11.7. The molecule has 0 fully saturated rings. The van der Waals surface area contributed by atoms with Crippen LogP contribution in [0.3, 0.4) is 0 Å². The van der Waals surface area contributed by atoms with Crippen molar-refractivity contribution in [1.29, 1.82) is 0 Å². The second kappa shape index (κ2) is 10.3. The first-order chi connectivity index (χ1) is 17.1. The lowest BCUT2D eigenvalue weighted by atomic mass is 10.1. The van der Waals surface area contributed by atoms with Crippen molar-refractivity contribution in [2.45, 2.75) is 58.9 Å². The van der Waals surface area contributed by atoms with E-state index in [1.54, 1.807) is 53.7 Å².